The van der Waals surface area contributed by atoms with Crippen molar-refractivity contribution in [3.05, 3.63) is 83.9 Å². The number of anilines is 1. The molecule has 3 aromatic carbocycles. The molecule has 0 radical (unpaired) electrons. The molecule has 1 heterocycles. The van der Waals surface area contributed by atoms with Gasteiger partial charge >= 0.3 is 0 Å². The number of methoxy groups -OCH3 is 1. The molecule has 0 aliphatic rings. The van der Waals surface area contributed by atoms with Crippen molar-refractivity contribution < 1.29 is 9.53 Å². The first kappa shape index (κ1) is 21.0. The lowest BCUT2D eigenvalue weighted by molar-refractivity contribution is -0.113. The molecule has 0 spiro atoms. The fourth-order valence-electron chi connectivity index (χ4n) is 2.98. The van der Waals surface area contributed by atoms with Crippen LogP contribution in [0.4, 0.5) is 5.69 Å². The molecule has 6 nitrogen and oxygen atoms in total. The van der Waals surface area contributed by atoms with E-state index in [1.54, 1.807) is 19.2 Å². The number of nitrogens with zero attached hydrogens (tertiary/aromatic N) is 3. The van der Waals surface area contributed by atoms with Crippen LogP contribution in [0.15, 0.2) is 84.0 Å². The summed E-state index contributed by atoms with van der Waals surface area (Å²) in [7, 11) is 1.63. The fraction of sp³-hybridized carbons (Fsp3) is 0.0870. The van der Waals surface area contributed by atoms with Crippen LogP contribution in [0.5, 0.6) is 5.75 Å². The molecule has 1 N–H and O–H groups in total. The average molecular weight is 451 g/mol. The zero-order valence-electron chi connectivity index (χ0n) is 16.7. The van der Waals surface area contributed by atoms with Crippen LogP contribution < -0.4 is 10.1 Å². The Morgan fingerprint density at radius 2 is 1.71 bits per heavy atom. The van der Waals surface area contributed by atoms with Gasteiger partial charge in [0, 0.05) is 11.3 Å². The van der Waals surface area contributed by atoms with E-state index in [0.717, 1.165) is 17.0 Å². The van der Waals surface area contributed by atoms with E-state index in [9.17, 15) is 4.79 Å². The molecule has 1 aromatic heterocycles. The number of carbonyl (C=O) groups is 1. The van der Waals surface area contributed by atoms with Gasteiger partial charge in [-0.05, 0) is 36.4 Å². The lowest BCUT2D eigenvalue weighted by Gasteiger charge is -2.11. The summed E-state index contributed by atoms with van der Waals surface area (Å²) in [6.45, 7) is 0. The molecule has 0 fully saturated rings. The predicted molar refractivity (Wildman–Crippen MR) is 124 cm³/mol. The molecule has 0 aliphatic heterocycles. The van der Waals surface area contributed by atoms with Gasteiger partial charge in [0.05, 0.1) is 23.6 Å². The van der Waals surface area contributed by atoms with Crippen molar-refractivity contribution in [3.8, 4) is 22.8 Å². The minimum absolute atomic E-state index is 0.161. The second-order valence-electron chi connectivity index (χ2n) is 6.52. The molecule has 8 heteroatoms. The van der Waals surface area contributed by atoms with E-state index in [-0.39, 0.29) is 11.7 Å². The molecule has 0 saturated carbocycles. The van der Waals surface area contributed by atoms with Crippen LogP contribution >= 0.6 is 23.4 Å². The van der Waals surface area contributed by atoms with Crippen LogP contribution in [-0.2, 0) is 4.79 Å². The Bertz CT molecular complexity index is 1180. The third-order valence-corrected chi connectivity index (χ3v) is 5.73. The van der Waals surface area contributed by atoms with Crippen molar-refractivity contribution in [1.29, 1.82) is 0 Å². The third-order valence-electron chi connectivity index (χ3n) is 4.48. The first-order valence-electron chi connectivity index (χ1n) is 9.48. The lowest BCUT2D eigenvalue weighted by Crippen LogP contribution is -2.14. The molecule has 0 atom stereocenters. The Kier molecular flexibility index (Phi) is 6.54. The van der Waals surface area contributed by atoms with Crippen molar-refractivity contribution in [2.24, 2.45) is 0 Å². The summed E-state index contributed by atoms with van der Waals surface area (Å²) in [6, 6.07) is 24.6. The Morgan fingerprint density at radius 3 is 2.42 bits per heavy atom. The van der Waals surface area contributed by atoms with Gasteiger partial charge in [-0.2, -0.15) is 0 Å². The van der Waals surface area contributed by atoms with E-state index >= 15 is 0 Å². The summed E-state index contributed by atoms with van der Waals surface area (Å²) in [5.41, 5.74) is 2.38. The van der Waals surface area contributed by atoms with Crippen molar-refractivity contribution in [2.75, 3.05) is 18.2 Å². The highest BCUT2D eigenvalue weighted by Crippen LogP contribution is 2.29. The topological polar surface area (TPSA) is 69.0 Å². The number of thioether (sulfide) groups is 1. The van der Waals surface area contributed by atoms with Gasteiger partial charge in [0.2, 0.25) is 5.91 Å². The molecule has 0 aliphatic carbocycles. The summed E-state index contributed by atoms with van der Waals surface area (Å²) in [6.07, 6.45) is 0. The molecule has 4 aromatic rings. The van der Waals surface area contributed by atoms with Crippen LogP contribution in [-0.4, -0.2) is 33.5 Å². The molecule has 31 heavy (non-hydrogen) atoms. The quantitative estimate of drug-likeness (QED) is 0.385. The van der Waals surface area contributed by atoms with Gasteiger partial charge in [0.1, 0.15) is 5.75 Å². The molecular weight excluding hydrogens is 432 g/mol. The van der Waals surface area contributed by atoms with Gasteiger partial charge in [-0.25, -0.2) is 0 Å². The monoisotopic (exact) mass is 450 g/mol. The zero-order chi connectivity index (χ0) is 21.6. The van der Waals surface area contributed by atoms with Gasteiger partial charge in [0.15, 0.2) is 11.0 Å². The number of carbonyl (C=O) groups excluding carboxylic acids is 1. The predicted octanol–water partition coefficient (Wildman–Crippen LogP) is 5.33. The third kappa shape index (κ3) is 4.90. The van der Waals surface area contributed by atoms with Crippen LogP contribution in [0, 0.1) is 0 Å². The van der Waals surface area contributed by atoms with Gasteiger partial charge in [0.25, 0.3) is 0 Å². The van der Waals surface area contributed by atoms with Crippen molar-refractivity contribution in [3.63, 3.8) is 0 Å². The smallest absolute Gasteiger partial charge is 0.234 e. The molecular formula is C23H19ClN4O2S. The Balaban J connectivity index is 1.60. The van der Waals surface area contributed by atoms with E-state index in [2.05, 4.69) is 15.5 Å². The number of hydrogen-bond acceptors (Lipinski definition) is 5. The normalized spacial score (nSPS) is 10.6. The number of aromatic nitrogens is 3. The Labute approximate surface area is 189 Å². The van der Waals surface area contributed by atoms with Crippen molar-refractivity contribution in [1.82, 2.24) is 14.8 Å². The summed E-state index contributed by atoms with van der Waals surface area (Å²) >= 11 is 7.43. The number of amides is 1. The number of halogens is 1. The molecule has 0 saturated heterocycles. The number of rotatable bonds is 7. The molecule has 0 bridgehead atoms. The summed E-state index contributed by atoms with van der Waals surface area (Å²) < 4.78 is 7.20. The first-order chi connectivity index (χ1) is 15.2. The largest absolute Gasteiger partial charge is 0.497 e. The Morgan fingerprint density at radius 1 is 1.00 bits per heavy atom. The number of ether oxygens (including phenoxy) is 1. The minimum atomic E-state index is -0.177. The summed E-state index contributed by atoms with van der Waals surface area (Å²) in [4.78, 5) is 12.5. The molecule has 4 rings (SSSR count). The van der Waals surface area contributed by atoms with E-state index < -0.39 is 0 Å². The maximum absolute atomic E-state index is 12.5. The number of para-hydroxylation sites is 1. The van der Waals surface area contributed by atoms with E-state index in [1.165, 1.54) is 11.8 Å². The number of hydrogen-bond donors (Lipinski definition) is 1. The van der Waals surface area contributed by atoms with Gasteiger partial charge in [-0.1, -0.05) is 65.8 Å². The number of benzene rings is 3. The maximum atomic E-state index is 12.5. The van der Waals surface area contributed by atoms with E-state index in [1.807, 2.05) is 71.3 Å². The van der Waals surface area contributed by atoms with Crippen molar-refractivity contribution in [2.45, 2.75) is 5.16 Å². The fourth-order valence-corrected chi connectivity index (χ4v) is 3.92. The van der Waals surface area contributed by atoms with Crippen LogP contribution in [0.2, 0.25) is 5.02 Å². The van der Waals surface area contributed by atoms with Gasteiger partial charge < -0.3 is 10.1 Å². The number of nitrogens with one attached hydrogen (secondary N) is 1. The summed E-state index contributed by atoms with van der Waals surface area (Å²) in [5.74, 6) is 1.43. The standard InChI is InChI=1S/C23H19ClN4O2S/c1-30-18-13-11-17(12-14-18)28-22(16-7-3-2-4-8-16)26-27-23(28)31-15-21(29)25-20-10-6-5-9-19(20)24/h2-14H,15H2,1H3,(H,25,29). The van der Waals surface area contributed by atoms with Crippen LogP contribution in [0.1, 0.15) is 0 Å². The SMILES string of the molecule is COc1ccc(-n2c(SCC(=O)Nc3ccccc3Cl)nnc2-c2ccccc2)cc1. The molecule has 0 unspecified atom stereocenters. The highest BCUT2D eigenvalue weighted by atomic mass is 35.5. The van der Waals surface area contributed by atoms with Crippen LogP contribution in [0.25, 0.3) is 17.1 Å². The summed E-state index contributed by atoms with van der Waals surface area (Å²) in [5, 5.41) is 12.7. The van der Waals surface area contributed by atoms with Gasteiger partial charge in [-0.15, -0.1) is 10.2 Å². The van der Waals surface area contributed by atoms with Crippen LogP contribution in [0.3, 0.4) is 0 Å². The first-order valence-corrected chi connectivity index (χ1v) is 10.8. The second kappa shape index (κ2) is 9.68. The zero-order valence-corrected chi connectivity index (χ0v) is 18.2. The van der Waals surface area contributed by atoms with Gasteiger partial charge in [-0.3, -0.25) is 9.36 Å². The second-order valence-corrected chi connectivity index (χ2v) is 7.87. The highest BCUT2D eigenvalue weighted by Gasteiger charge is 2.17. The van der Waals surface area contributed by atoms with E-state index in [0.29, 0.717) is 21.7 Å². The Hall–Kier alpha value is -3.29. The highest BCUT2D eigenvalue weighted by molar-refractivity contribution is 7.99. The molecule has 1 amide bonds. The average Bonchev–Trinajstić information content (AvgIpc) is 3.24. The maximum Gasteiger partial charge on any atom is 0.234 e. The molecule has 156 valence electrons. The van der Waals surface area contributed by atoms with E-state index in [4.69, 9.17) is 16.3 Å². The van der Waals surface area contributed by atoms with Crippen molar-refractivity contribution >= 4 is 35.0 Å². The minimum Gasteiger partial charge on any atom is -0.497 e. The lowest BCUT2D eigenvalue weighted by atomic mass is 10.2.